The van der Waals surface area contributed by atoms with Crippen LogP contribution in [0.15, 0.2) is 0 Å². The maximum Gasteiger partial charge on any atom is 0.295 e. The zero-order valence-electron chi connectivity index (χ0n) is 11.1. The molecule has 10 heteroatoms. The molecule has 0 aromatic carbocycles. The predicted octanol–water partition coefficient (Wildman–Crippen LogP) is -1.21. The molecule has 1 amide bonds. The number of amides is 1. The number of thioether (sulfide) groups is 1. The first-order valence-corrected chi connectivity index (χ1v) is 7.02. The molecule has 0 saturated carbocycles. The van der Waals surface area contributed by atoms with Gasteiger partial charge in [0.15, 0.2) is 6.10 Å². The van der Waals surface area contributed by atoms with Crippen molar-refractivity contribution in [3.8, 4) is 0 Å². The highest BCUT2D eigenvalue weighted by Crippen LogP contribution is 2.31. The Morgan fingerprint density at radius 2 is 1.67 bits per heavy atom. The number of carbonyl (C=O) groups is 4. The third kappa shape index (κ3) is 4.33. The molecule has 118 valence electrons. The highest BCUT2D eigenvalue weighted by molar-refractivity contribution is 7.99. The number of rotatable bonds is 10. The van der Waals surface area contributed by atoms with Crippen LogP contribution in [0.2, 0.25) is 0 Å². The van der Waals surface area contributed by atoms with E-state index >= 15 is 0 Å². The van der Waals surface area contributed by atoms with E-state index in [-0.39, 0.29) is 19.4 Å². The van der Waals surface area contributed by atoms with Gasteiger partial charge in [0.05, 0.1) is 0 Å². The Labute approximate surface area is 124 Å². The van der Waals surface area contributed by atoms with Crippen LogP contribution in [0.3, 0.4) is 0 Å². The Hall–Kier alpha value is -1.81. The van der Waals surface area contributed by atoms with Crippen LogP contribution in [0.4, 0.5) is 0 Å². The Kier molecular flexibility index (Phi) is 7.54. The summed E-state index contributed by atoms with van der Waals surface area (Å²) in [4.78, 5) is 42.5. The summed E-state index contributed by atoms with van der Waals surface area (Å²) in [6, 6.07) is -0.769. The molecule has 0 aliphatic carbocycles. The molecule has 1 rings (SSSR count). The van der Waals surface area contributed by atoms with E-state index in [2.05, 4.69) is 5.32 Å². The molecule has 21 heavy (non-hydrogen) atoms. The third-order valence-corrected chi connectivity index (χ3v) is 3.78. The lowest BCUT2D eigenvalue weighted by Gasteiger charge is -2.42. The molecule has 0 aromatic rings. The number of ether oxygens (including phenoxy) is 4. The summed E-state index contributed by atoms with van der Waals surface area (Å²) in [7, 11) is 0. The average molecular weight is 321 g/mol. The molecule has 9 nitrogen and oxygen atoms in total. The van der Waals surface area contributed by atoms with Crippen LogP contribution in [0, 0.1) is 0 Å². The molecule has 1 aliphatic rings. The lowest BCUT2D eigenvalue weighted by molar-refractivity contribution is -0.251. The van der Waals surface area contributed by atoms with Crippen molar-refractivity contribution in [2.45, 2.75) is 36.9 Å². The van der Waals surface area contributed by atoms with Crippen molar-refractivity contribution in [2.24, 2.45) is 0 Å². The molecule has 1 heterocycles. The zero-order chi connectivity index (χ0) is 15.7. The molecule has 1 fully saturated rings. The standard InChI is InChI=1S/C11H15NO8S/c1-2-21-11-7(12-3-13)8(17-4-14)9(18-5-15)10(20-11)19-6-16/h3-11H,2H2,1H3,(H,12,13)/t7-,8+,9+,10-,11+/m1/s1. The van der Waals surface area contributed by atoms with Gasteiger partial charge in [0, 0.05) is 0 Å². The van der Waals surface area contributed by atoms with Crippen LogP contribution in [-0.4, -0.2) is 61.6 Å². The molecule has 1 N–H and O–H groups in total. The molecular weight excluding hydrogens is 306 g/mol. The first kappa shape index (κ1) is 17.2. The fourth-order valence-electron chi connectivity index (χ4n) is 1.96. The van der Waals surface area contributed by atoms with Crippen LogP contribution in [0.5, 0.6) is 0 Å². The Bertz CT molecular complexity index is 368. The number of hydrogen-bond donors (Lipinski definition) is 1. The SMILES string of the molecule is CCS[C@@H]1O[C@@H](OC=O)[C@@H](OC=O)[C@@H](OC=O)[C@H]1NC=O. The van der Waals surface area contributed by atoms with Gasteiger partial charge in [0.2, 0.25) is 18.8 Å². The smallest absolute Gasteiger partial charge is 0.295 e. The van der Waals surface area contributed by atoms with Crippen molar-refractivity contribution in [1.29, 1.82) is 0 Å². The highest BCUT2D eigenvalue weighted by Gasteiger charge is 2.50. The zero-order valence-corrected chi connectivity index (χ0v) is 11.9. The Balaban J connectivity index is 3.05. The van der Waals surface area contributed by atoms with Gasteiger partial charge < -0.3 is 24.3 Å². The van der Waals surface area contributed by atoms with Crippen LogP contribution in [-0.2, 0) is 38.1 Å². The number of nitrogens with one attached hydrogen (secondary N) is 1. The van der Waals surface area contributed by atoms with Crippen molar-refractivity contribution in [2.75, 3.05) is 5.75 Å². The van der Waals surface area contributed by atoms with Gasteiger partial charge in [-0.05, 0) is 5.75 Å². The first-order chi connectivity index (χ1) is 10.2. The molecule has 0 unspecified atom stereocenters. The number of carbonyl (C=O) groups excluding carboxylic acids is 4. The third-order valence-electron chi connectivity index (χ3n) is 2.71. The fraction of sp³-hybridized carbons (Fsp3) is 0.636. The van der Waals surface area contributed by atoms with E-state index < -0.39 is 30.0 Å². The summed E-state index contributed by atoms with van der Waals surface area (Å²) in [5, 5.41) is 2.46. The first-order valence-electron chi connectivity index (χ1n) is 5.97. The molecule has 1 saturated heterocycles. The highest BCUT2D eigenvalue weighted by atomic mass is 32.2. The van der Waals surface area contributed by atoms with Crippen LogP contribution >= 0.6 is 11.8 Å². The van der Waals surface area contributed by atoms with Crippen molar-refractivity contribution < 1.29 is 38.1 Å². The molecule has 0 bridgehead atoms. The van der Waals surface area contributed by atoms with E-state index in [1.165, 1.54) is 11.8 Å². The normalized spacial score (nSPS) is 31.6. The summed E-state index contributed by atoms with van der Waals surface area (Å²) in [6.45, 7) is 2.25. The van der Waals surface area contributed by atoms with Crippen LogP contribution < -0.4 is 5.32 Å². The minimum atomic E-state index is -1.24. The van der Waals surface area contributed by atoms with Gasteiger partial charge in [-0.1, -0.05) is 6.92 Å². The van der Waals surface area contributed by atoms with Gasteiger partial charge in [-0.15, -0.1) is 11.8 Å². The Morgan fingerprint density at radius 1 is 1.05 bits per heavy atom. The van der Waals surface area contributed by atoms with Gasteiger partial charge in [-0.3, -0.25) is 19.2 Å². The summed E-state index contributed by atoms with van der Waals surface area (Å²) >= 11 is 1.30. The second-order valence-electron chi connectivity index (χ2n) is 3.76. The summed E-state index contributed by atoms with van der Waals surface area (Å²) < 4.78 is 19.9. The number of hydrogen-bond acceptors (Lipinski definition) is 9. The minimum Gasteiger partial charge on any atom is -0.458 e. The molecule has 1 aliphatic heterocycles. The maximum absolute atomic E-state index is 10.7. The molecule has 5 atom stereocenters. The topological polar surface area (TPSA) is 117 Å². The van der Waals surface area contributed by atoms with Gasteiger partial charge in [0.25, 0.3) is 19.4 Å². The minimum absolute atomic E-state index is 0.113. The van der Waals surface area contributed by atoms with Crippen molar-refractivity contribution in [3.05, 3.63) is 0 Å². The lowest BCUT2D eigenvalue weighted by Crippen LogP contribution is -2.63. The largest absolute Gasteiger partial charge is 0.458 e. The molecule has 0 spiro atoms. The van der Waals surface area contributed by atoms with E-state index in [0.29, 0.717) is 12.2 Å². The second kappa shape index (κ2) is 9.19. The molecule has 0 aromatic heterocycles. The van der Waals surface area contributed by atoms with E-state index in [0.717, 1.165) is 0 Å². The van der Waals surface area contributed by atoms with Gasteiger partial charge in [-0.25, -0.2) is 0 Å². The Morgan fingerprint density at radius 3 is 2.19 bits per heavy atom. The second-order valence-corrected chi connectivity index (χ2v) is 5.14. The molecule has 0 radical (unpaired) electrons. The monoisotopic (exact) mass is 321 g/mol. The van der Waals surface area contributed by atoms with Crippen LogP contribution in [0.1, 0.15) is 6.92 Å². The van der Waals surface area contributed by atoms with E-state index in [1.54, 1.807) is 0 Å². The average Bonchev–Trinajstić information content (AvgIpc) is 2.47. The van der Waals surface area contributed by atoms with Crippen molar-refractivity contribution in [1.82, 2.24) is 5.32 Å². The molecular formula is C11H15NO8S. The summed E-state index contributed by atoms with van der Waals surface area (Å²) in [5.74, 6) is 0.628. The van der Waals surface area contributed by atoms with Crippen LogP contribution in [0.25, 0.3) is 0 Å². The fourth-order valence-corrected chi connectivity index (χ4v) is 2.92. The van der Waals surface area contributed by atoms with Gasteiger partial charge in [0.1, 0.15) is 11.5 Å². The van der Waals surface area contributed by atoms with E-state index in [4.69, 9.17) is 18.9 Å². The van der Waals surface area contributed by atoms with Crippen molar-refractivity contribution >= 4 is 37.6 Å². The lowest BCUT2D eigenvalue weighted by atomic mass is 10.0. The van der Waals surface area contributed by atoms with Gasteiger partial charge in [-0.2, -0.15) is 0 Å². The quantitative estimate of drug-likeness (QED) is 0.391. The summed E-state index contributed by atoms with van der Waals surface area (Å²) in [6.07, 6.45) is -3.08. The predicted molar refractivity (Wildman–Crippen MR) is 68.8 cm³/mol. The van der Waals surface area contributed by atoms with Gasteiger partial charge >= 0.3 is 0 Å². The maximum atomic E-state index is 10.7. The summed E-state index contributed by atoms with van der Waals surface area (Å²) in [5.41, 5.74) is -0.651. The van der Waals surface area contributed by atoms with E-state index in [9.17, 15) is 19.2 Å². The van der Waals surface area contributed by atoms with E-state index in [1.807, 2.05) is 6.92 Å². The van der Waals surface area contributed by atoms with Crippen molar-refractivity contribution in [3.63, 3.8) is 0 Å².